The second kappa shape index (κ2) is 6.64. The molecule has 5 nitrogen and oxygen atoms in total. The summed E-state index contributed by atoms with van der Waals surface area (Å²) in [7, 11) is 0. The third-order valence-corrected chi connectivity index (χ3v) is 3.06. The van der Waals surface area contributed by atoms with Crippen LogP contribution < -0.4 is 10.2 Å². The third kappa shape index (κ3) is 3.66. The molecule has 0 radical (unpaired) electrons. The van der Waals surface area contributed by atoms with Gasteiger partial charge in [-0.25, -0.2) is 13.8 Å². The van der Waals surface area contributed by atoms with Gasteiger partial charge in [0.2, 0.25) is 5.91 Å². The second-order valence-corrected chi connectivity index (χ2v) is 5.22. The Hall–Kier alpha value is -2.31. The third-order valence-electron chi connectivity index (χ3n) is 3.06. The Morgan fingerprint density at radius 3 is 2.50 bits per heavy atom. The van der Waals surface area contributed by atoms with Crippen LogP contribution in [0.15, 0.2) is 18.3 Å². The smallest absolute Gasteiger partial charge is 0.239 e. The Labute approximate surface area is 127 Å². The van der Waals surface area contributed by atoms with Crippen molar-refractivity contribution in [3.8, 4) is 0 Å². The number of aromatic nitrogens is 2. The van der Waals surface area contributed by atoms with E-state index in [1.807, 2.05) is 20.8 Å². The fraction of sp³-hybridized carbons (Fsp3) is 0.400. The molecule has 0 fully saturated rings. The minimum absolute atomic E-state index is 0.0472. The van der Waals surface area contributed by atoms with Crippen LogP contribution in [0, 0.1) is 11.6 Å². The van der Waals surface area contributed by atoms with Crippen LogP contribution in [0.2, 0.25) is 0 Å². The summed E-state index contributed by atoms with van der Waals surface area (Å²) in [5, 5.41) is 2.79. The highest BCUT2D eigenvalue weighted by molar-refractivity contribution is 5.82. The predicted octanol–water partition coefficient (Wildman–Crippen LogP) is 2.26. The van der Waals surface area contributed by atoms with Crippen LogP contribution in [-0.4, -0.2) is 35.0 Å². The molecule has 1 amide bonds. The summed E-state index contributed by atoms with van der Waals surface area (Å²) >= 11 is 0. The molecule has 22 heavy (non-hydrogen) atoms. The lowest BCUT2D eigenvalue weighted by molar-refractivity contribution is -0.120. The topological polar surface area (TPSA) is 58.1 Å². The molecule has 0 saturated heterocycles. The fourth-order valence-electron chi connectivity index (χ4n) is 2.05. The molecule has 0 unspecified atom stereocenters. The fourth-order valence-corrected chi connectivity index (χ4v) is 2.05. The van der Waals surface area contributed by atoms with Gasteiger partial charge in [0, 0.05) is 24.7 Å². The zero-order valence-electron chi connectivity index (χ0n) is 12.7. The molecule has 1 aromatic heterocycles. The summed E-state index contributed by atoms with van der Waals surface area (Å²) in [6.45, 7) is 6.29. The van der Waals surface area contributed by atoms with Crippen LogP contribution in [0.3, 0.4) is 0 Å². The summed E-state index contributed by atoms with van der Waals surface area (Å²) in [5.41, 5.74) is 0.518. The number of nitrogens with one attached hydrogen (secondary N) is 1. The van der Waals surface area contributed by atoms with Gasteiger partial charge in [0.1, 0.15) is 5.82 Å². The maximum atomic E-state index is 13.3. The zero-order valence-corrected chi connectivity index (χ0v) is 12.7. The minimum atomic E-state index is -0.973. The number of halogens is 2. The van der Waals surface area contributed by atoms with Gasteiger partial charge in [0.05, 0.1) is 23.8 Å². The number of nitrogens with zero attached hydrogens (tertiary/aromatic N) is 3. The number of hydrogen-bond acceptors (Lipinski definition) is 4. The average molecular weight is 308 g/mol. The SMILES string of the molecule is CCN(CC(=O)NC(C)C)c1cnc2cc(F)c(F)cc2n1. The largest absolute Gasteiger partial charge is 0.352 e. The Bertz CT molecular complexity index is 691. The van der Waals surface area contributed by atoms with E-state index >= 15 is 0 Å². The highest BCUT2D eigenvalue weighted by atomic mass is 19.2. The van der Waals surface area contributed by atoms with Gasteiger partial charge in [-0.1, -0.05) is 0 Å². The lowest BCUT2D eigenvalue weighted by Gasteiger charge is -2.22. The number of carbonyl (C=O) groups excluding carboxylic acids is 1. The van der Waals surface area contributed by atoms with Crippen LogP contribution in [-0.2, 0) is 4.79 Å². The van der Waals surface area contributed by atoms with Crippen molar-refractivity contribution in [2.75, 3.05) is 18.0 Å². The molecule has 1 aromatic carbocycles. The van der Waals surface area contributed by atoms with Gasteiger partial charge in [-0.15, -0.1) is 0 Å². The standard InChI is InChI=1S/C15H18F2N4O/c1-4-21(8-15(22)19-9(2)3)14-7-18-12-5-10(16)11(17)6-13(12)20-14/h5-7,9H,4,8H2,1-3H3,(H,19,22). The molecule has 7 heteroatoms. The van der Waals surface area contributed by atoms with Gasteiger partial charge in [-0.05, 0) is 20.8 Å². The molecule has 2 rings (SSSR count). The number of amides is 1. The molecular formula is C15H18F2N4O. The van der Waals surface area contributed by atoms with E-state index in [9.17, 15) is 13.6 Å². The van der Waals surface area contributed by atoms with E-state index in [-0.39, 0.29) is 29.5 Å². The second-order valence-electron chi connectivity index (χ2n) is 5.22. The van der Waals surface area contributed by atoms with Gasteiger partial charge in [0.15, 0.2) is 11.6 Å². The normalized spacial score (nSPS) is 11.0. The van der Waals surface area contributed by atoms with Gasteiger partial charge in [-0.3, -0.25) is 9.78 Å². The minimum Gasteiger partial charge on any atom is -0.352 e. The van der Waals surface area contributed by atoms with Gasteiger partial charge < -0.3 is 10.2 Å². The molecule has 2 aromatic rings. The van der Waals surface area contributed by atoms with Crippen LogP contribution in [0.4, 0.5) is 14.6 Å². The number of benzene rings is 1. The van der Waals surface area contributed by atoms with E-state index in [1.165, 1.54) is 6.20 Å². The quantitative estimate of drug-likeness (QED) is 0.920. The molecule has 0 aliphatic heterocycles. The lowest BCUT2D eigenvalue weighted by atomic mass is 10.3. The van der Waals surface area contributed by atoms with Crippen molar-refractivity contribution < 1.29 is 13.6 Å². The van der Waals surface area contributed by atoms with Crippen molar-refractivity contribution in [1.82, 2.24) is 15.3 Å². The summed E-state index contributed by atoms with van der Waals surface area (Å²) in [5.74, 6) is -1.62. The highest BCUT2D eigenvalue weighted by Gasteiger charge is 2.14. The molecule has 1 N–H and O–H groups in total. The van der Waals surface area contributed by atoms with Crippen molar-refractivity contribution in [3.05, 3.63) is 30.0 Å². The summed E-state index contributed by atoms with van der Waals surface area (Å²) in [6, 6.07) is 2.05. The Balaban J connectivity index is 2.27. The first-order valence-electron chi connectivity index (χ1n) is 7.06. The number of fused-ring (bicyclic) bond motifs is 1. The Morgan fingerprint density at radius 2 is 1.91 bits per heavy atom. The maximum absolute atomic E-state index is 13.3. The van der Waals surface area contributed by atoms with E-state index in [2.05, 4.69) is 15.3 Å². The predicted molar refractivity (Wildman–Crippen MR) is 80.6 cm³/mol. The van der Waals surface area contributed by atoms with Crippen molar-refractivity contribution in [1.29, 1.82) is 0 Å². The molecule has 0 bridgehead atoms. The number of likely N-dealkylation sites (N-methyl/N-ethyl adjacent to an activating group) is 1. The van der Waals surface area contributed by atoms with Gasteiger partial charge in [0.25, 0.3) is 0 Å². The lowest BCUT2D eigenvalue weighted by Crippen LogP contribution is -2.40. The monoisotopic (exact) mass is 308 g/mol. The Morgan fingerprint density at radius 1 is 1.27 bits per heavy atom. The van der Waals surface area contributed by atoms with E-state index in [0.717, 1.165) is 12.1 Å². The van der Waals surface area contributed by atoms with Gasteiger partial charge >= 0.3 is 0 Å². The number of anilines is 1. The maximum Gasteiger partial charge on any atom is 0.239 e. The molecule has 0 atom stereocenters. The van der Waals surface area contributed by atoms with E-state index in [0.29, 0.717) is 12.4 Å². The van der Waals surface area contributed by atoms with Crippen molar-refractivity contribution in [2.24, 2.45) is 0 Å². The molecule has 0 aliphatic rings. The average Bonchev–Trinajstić information content (AvgIpc) is 2.45. The molecule has 0 spiro atoms. The summed E-state index contributed by atoms with van der Waals surface area (Å²) in [4.78, 5) is 21.9. The van der Waals surface area contributed by atoms with Crippen molar-refractivity contribution in [2.45, 2.75) is 26.8 Å². The first-order chi connectivity index (χ1) is 10.4. The molecule has 0 aliphatic carbocycles. The van der Waals surface area contributed by atoms with Crippen molar-refractivity contribution >= 4 is 22.8 Å². The molecule has 0 saturated carbocycles. The summed E-state index contributed by atoms with van der Waals surface area (Å²) < 4.78 is 26.5. The Kier molecular flexibility index (Phi) is 4.85. The van der Waals surface area contributed by atoms with Crippen molar-refractivity contribution in [3.63, 3.8) is 0 Å². The van der Waals surface area contributed by atoms with Crippen LogP contribution in [0.1, 0.15) is 20.8 Å². The van der Waals surface area contributed by atoms with Crippen LogP contribution in [0.5, 0.6) is 0 Å². The summed E-state index contributed by atoms with van der Waals surface area (Å²) in [6.07, 6.45) is 1.45. The van der Waals surface area contributed by atoms with Crippen LogP contribution in [0.25, 0.3) is 11.0 Å². The zero-order chi connectivity index (χ0) is 16.3. The highest BCUT2D eigenvalue weighted by Crippen LogP contribution is 2.18. The molecular weight excluding hydrogens is 290 g/mol. The van der Waals surface area contributed by atoms with Crippen LogP contribution >= 0.6 is 0 Å². The molecule has 118 valence electrons. The molecule has 1 heterocycles. The van der Waals surface area contributed by atoms with E-state index in [4.69, 9.17) is 0 Å². The van der Waals surface area contributed by atoms with E-state index < -0.39 is 11.6 Å². The number of carbonyl (C=O) groups is 1. The number of rotatable bonds is 5. The first kappa shape index (κ1) is 16.1. The number of hydrogen-bond donors (Lipinski definition) is 1. The first-order valence-corrected chi connectivity index (χ1v) is 7.06. The van der Waals surface area contributed by atoms with E-state index in [1.54, 1.807) is 4.90 Å². The van der Waals surface area contributed by atoms with Gasteiger partial charge in [-0.2, -0.15) is 0 Å².